The highest BCUT2D eigenvalue weighted by atomic mass is 79.9. The Labute approximate surface area is 101 Å². The van der Waals surface area contributed by atoms with E-state index in [1.807, 2.05) is 12.3 Å². The molecule has 2 aromatic rings. The van der Waals surface area contributed by atoms with Crippen LogP contribution in [0.2, 0.25) is 0 Å². The van der Waals surface area contributed by atoms with E-state index < -0.39 is 0 Å². The Bertz CT molecular complexity index is 432. The summed E-state index contributed by atoms with van der Waals surface area (Å²) in [6.45, 7) is 1.59. The smallest absolute Gasteiger partial charge is 0.213 e. The van der Waals surface area contributed by atoms with Gasteiger partial charge in [0.2, 0.25) is 6.39 Å². The molecule has 0 unspecified atom stereocenters. The molecule has 0 aromatic carbocycles. The predicted molar refractivity (Wildman–Crippen MR) is 61.6 cm³/mol. The molecule has 1 N–H and O–H groups in total. The second-order valence-corrected chi connectivity index (χ2v) is 4.20. The first-order valence-corrected chi connectivity index (χ1v) is 5.69. The minimum Gasteiger partial charge on any atom is -0.343 e. The lowest BCUT2D eigenvalue weighted by Gasteiger charge is -2.02. The number of halogens is 1. The zero-order chi connectivity index (χ0) is 11.2. The molecule has 0 aliphatic carbocycles. The van der Waals surface area contributed by atoms with E-state index in [0.29, 0.717) is 0 Å². The maximum absolute atomic E-state index is 4.64. The monoisotopic (exact) mass is 282 g/mol. The summed E-state index contributed by atoms with van der Waals surface area (Å²) in [6.07, 6.45) is 5.71. The van der Waals surface area contributed by atoms with Crippen LogP contribution in [-0.4, -0.2) is 21.7 Å². The van der Waals surface area contributed by atoms with Gasteiger partial charge in [-0.25, -0.2) is 0 Å². The van der Waals surface area contributed by atoms with Gasteiger partial charge in [0, 0.05) is 36.4 Å². The minimum atomic E-state index is 0.722. The Morgan fingerprint density at radius 3 is 3.06 bits per heavy atom. The van der Waals surface area contributed by atoms with Crippen LogP contribution >= 0.6 is 15.9 Å². The summed E-state index contributed by atoms with van der Waals surface area (Å²) >= 11 is 3.38. The molecule has 0 saturated carbocycles. The van der Waals surface area contributed by atoms with Gasteiger partial charge in [-0.05, 0) is 27.6 Å². The van der Waals surface area contributed by atoms with Gasteiger partial charge in [-0.2, -0.15) is 4.98 Å². The van der Waals surface area contributed by atoms with Crippen molar-refractivity contribution in [3.8, 4) is 0 Å². The van der Waals surface area contributed by atoms with Crippen LogP contribution in [0.4, 0.5) is 0 Å². The molecule has 5 nitrogen and oxygen atoms in total. The van der Waals surface area contributed by atoms with Gasteiger partial charge >= 0.3 is 0 Å². The Morgan fingerprint density at radius 2 is 2.31 bits per heavy atom. The summed E-state index contributed by atoms with van der Waals surface area (Å²) in [7, 11) is 0. The lowest BCUT2D eigenvalue weighted by atomic mass is 10.3. The second-order valence-electron chi connectivity index (χ2n) is 3.29. The fourth-order valence-electron chi connectivity index (χ4n) is 1.29. The van der Waals surface area contributed by atoms with E-state index in [-0.39, 0.29) is 0 Å². The van der Waals surface area contributed by atoms with Crippen LogP contribution in [0, 0.1) is 0 Å². The van der Waals surface area contributed by atoms with Crippen molar-refractivity contribution < 1.29 is 4.52 Å². The van der Waals surface area contributed by atoms with Gasteiger partial charge in [-0.3, -0.25) is 4.98 Å². The molecule has 0 spiro atoms. The number of pyridine rings is 1. The molecule has 2 aromatic heterocycles. The third-order valence-electron chi connectivity index (χ3n) is 2.02. The predicted octanol–water partition coefficient (Wildman–Crippen LogP) is 1.56. The van der Waals surface area contributed by atoms with Crippen molar-refractivity contribution in [3.05, 3.63) is 40.7 Å². The molecule has 0 aliphatic heterocycles. The van der Waals surface area contributed by atoms with Gasteiger partial charge in [-0.15, -0.1) is 0 Å². The number of aromatic nitrogens is 3. The summed E-state index contributed by atoms with van der Waals surface area (Å²) in [4.78, 5) is 8.02. The molecule has 16 heavy (non-hydrogen) atoms. The third kappa shape index (κ3) is 3.39. The molecule has 0 bridgehead atoms. The van der Waals surface area contributed by atoms with E-state index in [1.165, 1.54) is 6.39 Å². The lowest BCUT2D eigenvalue weighted by molar-refractivity contribution is 0.409. The van der Waals surface area contributed by atoms with E-state index in [4.69, 9.17) is 0 Å². The van der Waals surface area contributed by atoms with E-state index in [9.17, 15) is 0 Å². The van der Waals surface area contributed by atoms with Gasteiger partial charge in [0.05, 0.1) is 0 Å². The average Bonchev–Trinajstić information content (AvgIpc) is 2.77. The summed E-state index contributed by atoms with van der Waals surface area (Å²) in [5, 5.41) is 7.01. The molecule has 2 rings (SSSR count). The zero-order valence-corrected chi connectivity index (χ0v) is 10.1. The largest absolute Gasteiger partial charge is 0.343 e. The highest BCUT2D eigenvalue weighted by Crippen LogP contribution is 2.08. The molecule has 0 fully saturated rings. The van der Waals surface area contributed by atoms with Crippen molar-refractivity contribution in [2.75, 3.05) is 6.54 Å². The van der Waals surface area contributed by atoms with Crippen LogP contribution in [0.1, 0.15) is 11.4 Å². The Morgan fingerprint density at radius 1 is 1.38 bits per heavy atom. The molecule has 0 atom stereocenters. The van der Waals surface area contributed by atoms with Crippen LogP contribution in [0.15, 0.2) is 33.8 Å². The van der Waals surface area contributed by atoms with Crippen molar-refractivity contribution in [2.24, 2.45) is 0 Å². The quantitative estimate of drug-likeness (QED) is 0.844. The fraction of sp³-hybridized carbons (Fsp3) is 0.300. The fourth-order valence-corrected chi connectivity index (χ4v) is 1.70. The number of hydrogen-bond donors (Lipinski definition) is 1. The van der Waals surface area contributed by atoms with Crippen molar-refractivity contribution in [2.45, 2.75) is 13.0 Å². The molecule has 0 radical (unpaired) electrons. The Hall–Kier alpha value is -1.27. The topological polar surface area (TPSA) is 63.8 Å². The van der Waals surface area contributed by atoms with E-state index in [1.54, 1.807) is 6.20 Å². The van der Waals surface area contributed by atoms with Crippen LogP contribution in [0.3, 0.4) is 0 Å². The number of nitrogens with zero attached hydrogens (tertiary/aromatic N) is 3. The van der Waals surface area contributed by atoms with Crippen LogP contribution in [-0.2, 0) is 13.0 Å². The molecule has 2 heterocycles. The first-order valence-electron chi connectivity index (χ1n) is 4.90. The Kier molecular flexibility index (Phi) is 4.01. The standard InChI is InChI=1S/C10H11BrN4O/c11-9-3-8(5-13-6-9)4-12-2-1-10-14-7-16-15-10/h3,5-7,12H,1-2,4H2. The zero-order valence-electron chi connectivity index (χ0n) is 8.56. The highest BCUT2D eigenvalue weighted by molar-refractivity contribution is 9.10. The maximum atomic E-state index is 4.64. The number of rotatable bonds is 5. The summed E-state index contributed by atoms with van der Waals surface area (Å²) in [6, 6.07) is 2.04. The second kappa shape index (κ2) is 5.72. The van der Waals surface area contributed by atoms with Crippen molar-refractivity contribution >= 4 is 15.9 Å². The van der Waals surface area contributed by atoms with Gasteiger partial charge in [0.1, 0.15) is 0 Å². The summed E-state index contributed by atoms with van der Waals surface area (Å²) < 4.78 is 5.63. The van der Waals surface area contributed by atoms with E-state index in [2.05, 4.69) is 40.9 Å². The van der Waals surface area contributed by atoms with Gasteiger partial charge in [0.25, 0.3) is 0 Å². The summed E-state index contributed by atoms with van der Waals surface area (Å²) in [5.74, 6) is 0.722. The molecule has 0 saturated heterocycles. The van der Waals surface area contributed by atoms with Crippen LogP contribution < -0.4 is 5.32 Å². The first-order chi connectivity index (χ1) is 7.84. The van der Waals surface area contributed by atoms with Gasteiger partial charge < -0.3 is 9.84 Å². The molecule has 0 aliphatic rings. The number of hydrogen-bond acceptors (Lipinski definition) is 5. The maximum Gasteiger partial charge on any atom is 0.213 e. The number of nitrogens with one attached hydrogen (secondary N) is 1. The molecular weight excluding hydrogens is 272 g/mol. The minimum absolute atomic E-state index is 0.722. The van der Waals surface area contributed by atoms with Crippen LogP contribution in [0.5, 0.6) is 0 Å². The normalized spacial score (nSPS) is 10.6. The molecular formula is C10H11BrN4O. The summed E-state index contributed by atoms with van der Waals surface area (Å²) in [5.41, 5.74) is 1.14. The van der Waals surface area contributed by atoms with E-state index in [0.717, 1.165) is 35.4 Å². The van der Waals surface area contributed by atoms with Crippen molar-refractivity contribution in [1.82, 2.24) is 20.4 Å². The van der Waals surface area contributed by atoms with Crippen molar-refractivity contribution in [1.29, 1.82) is 0 Å². The molecule has 6 heteroatoms. The van der Waals surface area contributed by atoms with Crippen molar-refractivity contribution in [3.63, 3.8) is 0 Å². The third-order valence-corrected chi connectivity index (χ3v) is 2.46. The van der Waals surface area contributed by atoms with Crippen LogP contribution in [0.25, 0.3) is 0 Å². The molecule has 0 amide bonds. The SMILES string of the molecule is Brc1cncc(CNCCc2ncon2)c1. The lowest BCUT2D eigenvalue weighted by Crippen LogP contribution is -2.17. The highest BCUT2D eigenvalue weighted by Gasteiger charge is 1.98. The van der Waals surface area contributed by atoms with Gasteiger partial charge in [-0.1, -0.05) is 5.16 Å². The Balaban J connectivity index is 1.72. The first kappa shape index (κ1) is 11.2. The van der Waals surface area contributed by atoms with Gasteiger partial charge in [0.15, 0.2) is 5.82 Å². The molecule has 84 valence electrons. The average molecular weight is 283 g/mol. The van der Waals surface area contributed by atoms with E-state index >= 15 is 0 Å².